The van der Waals surface area contributed by atoms with Crippen LogP contribution in [0.3, 0.4) is 0 Å². The molecule has 0 spiro atoms. The average Bonchev–Trinajstić information content (AvgIpc) is 2.75. The van der Waals surface area contributed by atoms with Crippen molar-refractivity contribution >= 4 is 0 Å². The van der Waals surface area contributed by atoms with Crippen LogP contribution in [0, 0.1) is 11.8 Å². The van der Waals surface area contributed by atoms with Gasteiger partial charge in [-0.2, -0.15) is 0 Å². The van der Waals surface area contributed by atoms with Gasteiger partial charge in [0.15, 0.2) is 0 Å². The normalized spacial score (nSPS) is 38.8. The molecule has 2 saturated carbocycles. The van der Waals surface area contributed by atoms with Crippen LogP contribution in [0.1, 0.15) is 58.3 Å². The van der Waals surface area contributed by atoms with E-state index in [1.54, 1.807) is 0 Å². The highest BCUT2D eigenvalue weighted by Gasteiger charge is 2.27. The summed E-state index contributed by atoms with van der Waals surface area (Å²) in [5.74, 6) is 1.89. The third-order valence-electron chi connectivity index (χ3n) is 5.14. The Morgan fingerprint density at radius 3 is 2.18 bits per heavy atom. The largest absolute Gasteiger partial charge is 0.328 e. The van der Waals surface area contributed by atoms with Crippen LogP contribution in [0.15, 0.2) is 0 Å². The molecule has 0 aromatic carbocycles. The maximum atomic E-state index is 6.00. The predicted molar refractivity (Wildman–Crippen MR) is 74.0 cm³/mol. The Hall–Kier alpha value is -0.0800. The third kappa shape index (κ3) is 3.69. The fourth-order valence-corrected chi connectivity index (χ4v) is 3.83. The molecular formula is C15H30N2. The quantitative estimate of drug-likeness (QED) is 0.816. The molecule has 2 fully saturated rings. The Bertz CT molecular complexity index is 221. The van der Waals surface area contributed by atoms with Crippen molar-refractivity contribution in [1.29, 1.82) is 0 Å². The van der Waals surface area contributed by atoms with Crippen molar-refractivity contribution in [1.82, 2.24) is 4.90 Å². The number of nitrogens with two attached hydrogens (primary N) is 1. The van der Waals surface area contributed by atoms with Crippen molar-refractivity contribution in [3.05, 3.63) is 0 Å². The van der Waals surface area contributed by atoms with Crippen LogP contribution in [0.2, 0.25) is 0 Å². The fourth-order valence-electron chi connectivity index (χ4n) is 3.83. The summed E-state index contributed by atoms with van der Waals surface area (Å²) < 4.78 is 0. The Morgan fingerprint density at radius 2 is 1.65 bits per heavy atom. The molecular weight excluding hydrogens is 208 g/mol. The summed E-state index contributed by atoms with van der Waals surface area (Å²) in [6.45, 7) is 3.63. The van der Waals surface area contributed by atoms with Gasteiger partial charge in [-0.15, -0.1) is 0 Å². The topological polar surface area (TPSA) is 29.3 Å². The zero-order valence-corrected chi connectivity index (χ0v) is 11.7. The molecule has 2 unspecified atom stereocenters. The summed E-state index contributed by atoms with van der Waals surface area (Å²) in [6.07, 6.45) is 11.0. The molecule has 2 aliphatic carbocycles. The number of hydrogen-bond donors (Lipinski definition) is 1. The van der Waals surface area contributed by atoms with E-state index in [1.165, 1.54) is 57.9 Å². The van der Waals surface area contributed by atoms with Gasteiger partial charge in [-0.1, -0.05) is 13.3 Å². The van der Waals surface area contributed by atoms with Gasteiger partial charge in [0.2, 0.25) is 0 Å². The van der Waals surface area contributed by atoms with Crippen molar-refractivity contribution in [2.45, 2.75) is 70.4 Å². The molecule has 0 aromatic rings. The number of nitrogens with zero attached hydrogens (tertiary/aromatic N) is 1. The van der Waals surface area contributed by atoms with E-state index in [4.69, 9.17) is 5.73 Å². The minimum absolute atomic E-state index is 0.490. The lowest BCUT2D eigenvalue weighted by Gasteiger charge is -2.35. The average molecular weight is 238 g/mol. The maximum Gasteiger partial charge on any atom is 0.00925 e. The monoisotopic (exact) mass is 238 g/mol. The summed E-state index contributed by atoms with van der Waals surface area (Å²) in [5, 5.41) is 0. The van der Waals surface area contributed by atoms with Crippen LogP contribution < -0.4 is 5.73 Å². The van der Waals surface area contributed by atoms with E-state index >= 15 is 0 Å². The Morgan fingerprint density at radius 1 is 1.00 bits per heavy atom. The Balaban J connectivity index is 1.71. The van der Waals surface area contributed by atoms with Crippen LogP contribution in [0.5, 0.6) is 0 Å². The van der Waals surface area contributed by atoms with E-state index in [-0.39, 0.29) is 0 Å². The number of hydrogen-bond acceptors (Lipinski definition) is 2. The van der Waals surface area contributed by atoms with Gasteiger partial charge in [-0.05, 0) is 63.8 Å². The molecule has 2 rings (SSSR count). The van der Waals surface area contributed by atoms with Crippen LogP contribution in [-0.2, 0) is 0 Å². The first-order valence-corrected chi connectivity index (χ1v) is 7.64. The van der Waals surface area contributed by atoms with Gasteiger partial charge in [0.05, 0.1) is 0 Å². The molecule has 2 aliphatic rings. The molecule has 100 valence electrons. The predicted octanol–water partition coefficient (Wildman–Crippen LogP) is 3.01. The van der Waals surface area contributed by atoms with E-state index in [9.17, 15) is 0 Å². The van der Waals surface area contributed by atoms with Crippen LogP contribution in [-0.4, -0.2) is 30.6 Å². The molecule has 0 heterocycles. The van der Waals surface area contributed by atoms with E-state index in [0.29, 0.717) is 6.04 Å². The van der Waals surface area contributed by atoms with Crippen molar-refractivity contribution in [3.8, 4) is 0 Å². The lowest BCUT2D eigenvalue weighted by atomic mass is 9.84. The summed E-state index contributed by atoms with van der Waals surface area (Å²) in [4.78, 5) is 2.63. The second kappa shape index (κ2) is 6.19. The molecule has 0 amide bonds. The van der Waals surface area contributed by atoms with Crippen molar-refractivity contribution in [3.63, 3.8) is 0 Å². The summed E-state index contributed by atoms with van der Waals surface area (Å²) in [5.41, 5.74) is 6.00. The van der Waals surface area contributed by atoms with Gasteiger partial charge in [0.25, 0.3) is 0 Å². The highest BCUT2D eigenvalue weighted by molar-refractivity contribution is 4.83. The van der Waals surface area contributed by atoms with Gasteiger partial charge < -0.3 is 10.6 Å². The molecule has 0 saturated heterocycles. The second-order valence-electron chi connectivity index (χ2n) is 6.46. The first-order chi connectivity index (χ1) is 8.19. The van der Waals surface area contributed by atoms with E-state index in [2.05, 4.69) is 18.9 Å². The molecule has 2 heteroatoms. The molecule has 0 bridgehead atoms. The zero-order valence-electron chi connectivity index (χ0n) is 11.7. The molecule has 0 aromatic heterocycles. The summed E-state index contributed by atoms with van der Waals surface area (Å²) in [7, 11) is 2.33. The maximum absolute atomic E-state index is 6.00. The van der Waals surface area contributed by atoms with E-state index in [0.717, 1.165) is 17.9 Å². The lowest BCUT2D eigenvalue weighted by Crippen LogP contribution is -2.38. The lowest BCUT2D eigenvalue weighted by molar-refractivity contribution is 0.144. The van der Waals surface area contributed by atoms with Gasteiger partial charge >= 0.3 is 0 Å². The summed E-state index contributed by atoms with van der Waals surface area (Å²) in [6, 6.07) is 1.35. The molecule has 0 radical (unpaired) electrons. The van der Waals surface area contributed by atoms with E-state index in [1.807, 2.05) is 0 Å². The molecule has 2 N–H and O–H groups in total. The Labute approximate surface area is 107 Å². The first-order valence-electron chi connectivity index (χ1n) is 7.64. The molecule has 17 heavy (non-hydrogen) atoms. The van der Waals surface area contributed by atoms with Gasteiger partial charge in [0, 0.05) is 18.6 Å². The van der Waals surface area contributed by atoms with Gasteiger partial charge in [0.1, 0.15) is 0 Å². The second-order valence-corrected chi connectivity index (χ2v) is 6.46. The minimum atomic E-state index is 0.490. The van der Waals surface area contributed by atoms with Crippen molar-refractivity contribution in [2.24, 2.45) is 17.6 Å². The molecule has 2 atom stereocenters. The van der Waals surface area contributed by atoms with Crippen LogP contribution in [0.4, 0.5) is 0 Å². The first kappa shape index (κ1) is 13.4. The minimum Gasteiger partial charge on any atom is -0.328 e. The molecule has 0 aliphatic heterocycles. The zero-order chi connectivity index (χ0) is 12.3. The molecule has 2 nitrogen and oxygen atoms in total. The van der Waals surface area contributed by atoms with Crippen LogP contribution >= 0.6 is 0 Å². The van der Waals surface area contributed by atoms with E-state index < -0.39 is 0 Å². The fraction of sp³-hybridized carbons (Fsp3) is 1.00. The number of rotatable bonds is 4. The summed E-state index contributed by atoms with van der Waals surface area (Å²) >= 11 is 0. The third-order valence-corrected chi connectivity index (χ3v) is 5.14. The SMILES string of the molecule is CCC1CCC(N(C)CC2CCC(N)C2)CC1. The van der Waals surface area contributed by atoms with Crippen LogP contribution in [0.25, 0.3) is 0 Å². The highest BCUT2D eigenvalue weighted by Crippen LogP contribution is 2.31. The van der Waals surface area contributed by atoms with Gasteiger partial charge in [-0.3, -0.25) is 0 Å². The standard InChI is InChI=1S/C15H30N2/c1-3-12-5-8-15(9-6-12)17(2)11-13-4-7-14(16)10-13/h12-15H,3-11,16H2,1-2H3. The Kier molecular flexibility index (Phi) is 4.87. The highest BCUT2D eigenvalue weighted by atomic mass is 15.1. The van der Waals surface area contributed by atoms with Crippen molar-refractivity contribution < 1.29 is 0 Å². The smallest absolute Gasteiger partial charge is 0.00925 e. The van der Waals surface area contributed by atoms with Gasteiger partial charge in [-0.25, -0.2) is 0 Å². The van der Waals surface area contributed by atoms with Crippen molar-refractivity contribution in [2.75, 3.05) is 13.6 Å².